The molecule has 3 rings (SSSR count). The highest BCUT2D eigenvalue weighted by Crippen LogP contribution is 2.33. The molecule has 0 bridgehead atoms. The first kappa shape index (κ1) is 19.7. The van der Waals surface area contributed by atoms with Crippen molar-refractivity contribution in [2.24, 2.45) is 11.8 Å². The van der Waals surface area contributed by atoms with Gasteiger partial charge in [-0.15, -0.1) is 0 Å². The molecule has 0 unspecified atom stereocenters. The van der Waals surface area contributed by atoms with Crippen LogP contribution in [0.4, 0.5) is 5.82 Å². The van der Waals surface area contributed by atoms with Gasteiger partial charge in [0.2, 0.25) is 0 Å². The van der Waals surface area contributed by atoms with Gasteiger partial charge in [-0.25, -0.2) is 9.78 Å². The van der Waals surface area contributed by atoms with Crippen molar-refractivity contribution in [3.05, 3.63) is 22.3 Å². The average molecular weight is 423 g/mol. The number of halogens is 1. The van der Waals surface area contributed by atoms with E-state index in [1.807, 2.05) is 6.07 Å². The number of aromatic nitrogens is 1. The molecular weight excluding hydrogens is 392 g/mol. The van der Waals surface area contributed by atoms with E-state index in [1.165, 1.54) is 71.3 Å². The van der Waals surface area contributed by atoms with Crippen molar-refractivity contribution in [3.63, 3.8) is 0 Å². The molecule has 2 aliphatic rings. The van der Waals surface area contributed by atoms with Crippen LogP contribution in [0.3, 0.4) is 0 Å². The summed E-state index contributed by atoms with van der Waals surface area (Å²) >= 11 is 3.41. The molecule has 0 N–H and O–H groups in total. The van der Waals surface area contributed by atoms with Crippen molar-refractivity contribution in [1.29, 1.82) is 0 Å². The molecule has 0 spiro atoms. The molecule has 0 amide bonds. The van der Waals surface area contributed by atoms with E-state index in [0.29, 0.717) is 5.56 Å². The summed E-state index contributed by atoms with van der Waals surface area (Å²) in [5.41, 5.74) is 0.556. The van der Waals surface area contributed by atoms with Crippen LogP contribution in [0.1, 0.15) is 74.6 Å². The van der Waals surface area contributed by atoms with E-state index < -0.39 is 0 Å². The highest BCUT2D eigenvalue weighted by atomic mass is 79.9. The molecule has 2 fully saturated rings. The van der Waals surface area contributed by atoms with Gasteiger partial charge < -0.3 is 9.64 Å². The molecule has 1 aromatic rings. The number of carbonyl (C=O) groups excluding carboxylic acids is 1. The summed E-state index contributed by atoms with van der Waals surface area (Å²) in [5, 5.41) is 0. The fraction of sp³-hybridized carbons (Fsp3) is 0.714. The van der Waals surface area contributed by atoms with Crippen molar-refractivity contribution >= 4 is 27.7 Å². The van der Waals surface area contributed by atoms with Crippen molar-refractivity contribution in [1.82, 2.24) is 4.98 Å². The second-order valence-corrected chi connectivity index (χ2v) is 8.81. The standard InChI is InChI=1S/C21H31BrN2O2/c1-26-21(25)19-14-18(22)15-23-20(19)24-11-9-17(10-12-24)13-16-7-5-3-2-4-6-8-16/h14-17H,2-13H2,1H3. The summed E-state index contributed by atoms with van der Waals surface area (Å²) in [6.07, 6.45) is 15.6. The molecule has 1 saturated heterocycles. The number of piperidine rings is 1. The van der Waals surface area contributed by atoms with Crippen LogP contribution in [-0.2, 0) is 4.74 Å². The van der Waals surface area contributed by atoms with E-state index in [0.717, 1.165) is 35.2 Å². The molecule has 1 aliphatic heterocycles. The Morgan fingerprint density at radius 2 is 1.73 bits per heavy atom. The molecule has 0 radical (unpaired) electrons. The topological polar surface area (TPSA) is 42.4 Å². The summed E-state index contributed by atoms with van der Waals surface area (Å²) < 4.78 is 5.75. The fourth-order valence-electron chi connectivity index (χ4n) is 4.57. The quantitative estimate of drug-likeness (QED) is 0.592. The van der Waals surface area contributed by atoms with Gasteiger partial charge in [-0.05, 0) is 53.1 Å². The first-order valence-electron chi connectivity index (χ1n) is 10.2. The van der Waals surface area contributed by atoms with Crippen LogP contribution in [0.25, 0.3) is 0 Å². The minimum absolute atomic E-state index is 0.314. The number of anilines is 1. The zero-order valence-electron chi connectivity index (χ0n) is 15.9. The lowest BCUT2D eigenvalue weighted by molar-refractivity contribution is 0.0601. The van der Waals surface area contributed by atoms with Gasteiger partial charge in [0.1, 0.15) is 11.4 Å². The van der Waals surface area contributed by atoms with Gasteiger partial charge in [-0.1, -0.05) is 44.9 Å². The molecular formula is C21H31BrN2O2. The number of hydrogen-bond donors (Lipinski definition) is 0. The molecule has 0 atom stereocenters. The third-order valence-electron chi connectivity index (χ3n) is 6.04. The zero-order chi connectivity index (χ0) is 18.4. The van der Waals surface area contributed by atoms with Gasteiger partial charge in [-0.2, -0.15) is 0 Å². The summed E-state index contributed by atoms with van der Waals surface area (Å²) in [6, 6.07) is 1.81. The lowest BCUT2D eigenvalue weighted by atomic mass is 9.81. The number of hydrogen-bond acceptors (Lipinski definition) is 4. The second kappa shape index (κ2) is 9.72. The van der Waals surface area contributed by atoms with Gasteiger partial charge in [0.05, 0.1) is 7.11 Å². The lowest BCUT2D eigenvalue weighted by Crippen LogP contribution is -2.36. The van der Waals surface area contributed by atoms with Gasteiger partial charge >= 0.3 is 5.97 Å². The van der Waals surface area contributed by atoms with Crippen molar-refractivity contribution in [2.75, 3.05) is 25.1 Å². The maximum absolute atomic E-state index is 12.1. The van der Waals surface area contributed by atoms with Crippen molar-refractivity contribution < 1.29 is 9.53 Å². The molecule has 1 aromatic heterocycles. The smallest absolute Gasteiger partial charge is 0.341 e. The van der Waals surface area contributed by atoms with Crippen LogP contribution < -0.4 is 4.90 Å². The lowest BCUT2D eigenvalue weighted by Gasteiger charge is -2.35. The van der Waals surface area contributed by atoms with Gasteiger partial charge in [-0.3, -0.25) is 0 Å². The van der Waals surface area contributed by atoms with Gasteiger partial charge in [0.15, 0.2) is 0 Å². The summed E-state index contributed by atoms with van der Waals surface area (Å²) in [4.78, 5) is 18.9. The Morgan fingerprint density at radius 1 is 1.12 bits per heavy atom. The highest BCUT2D eigenvalue weighted by molar-refractivity contribution is 9.10. The summed E-state index contributed by atoms with van der Waals surface area (Å²) in [7, 11) is 1.42. The normalized spacial score (nSPS) is 20.5. The number of methoxy groups -OCH3 is 1. The van der Waals surface area contributed by atoms with E-state index in [9.17, 15) is 4.79 Å². The van der Waals surface area contributed by atoms with Crippen LogP contribution in [0.15, 0.2) is 16.7 Å². The number of esters is 1. The number of nitrogens with zero attached hydrogens (tertiary/aromatic N) is 2. The maximum atomic E-state index is 12.1. The highest BCUT2D eigenvalue weighted by Gasteiger charge is 2.26. The van der Waals surface area contributed by atoms with Crippen LogP contribution in [0.5, 0.6) is 0 Å². The number of rotatable bonds is 4. The fourth-order valence-corrected chi connectivity index (χ4v) is 4.90. The Hall–Kier alpha value is -1.10. The summed E-state index contributed by atoms with van der Waals surface area (Å²) in [6.45, 7) is 1.96. The Balaban J connectivity index is 1.57. The van der Waals surface area contributed by atoms with Crippen LogP contribution >= 0.6 is 15.9 Å². The van der Waals surface area contributed by atoms with Gasteiger partial charge in [0.25, 0.3) is 0 Å². The summed E-state index contributed by atoms with van der Waals surface area (Å²) in [5.74, 6) is 2.21. The Morgan fingerprint density at radius 3 is 2.38 bits per heavy atom. The van der Waals surface area contributed by atoms with E-state index in [4.69, 9.17) is 4.74 Å². The molecule has 2 heterocycles. The van der Waals surface area contributed by atoms with Crippen molar-refractivity contribution in [2.45, 2.75) is 64.2 Å². The molecule has 0 aromatic carbocycles. The minimum atomic E-state index is -0.314. The minimum Gasteiger partial charge on any atom is -0.465 e. The molecule has 1 aliphatic carbocycles. The third-order valence-corrected chi connectivity index (χ3v) is 6.48. The first-order chi connectivity index (χ1) is 12.7. The molecule has 4 nitrogen and oxygen atoms in total. The van der Waals surface area contributed by atoms with E-state index in [2.05, 4.69) is 25.8 Å². The van der Waals surface area contributed by atoms with Gasteiger partial charge in [0, 0.05) is 23.8 Å². The van der Waals surface area contributed by atoms with Crippen LogP contribution in [0, 0.1) is 11.8 Å². The monoisotopic (exact) mass is 422 g/mol. The molecule has 26 heavy (non-hydrogen) atoms. The maximum Gasteiger partial charge on any atom is 0.341 e. The Bertz CT molecular complexity index is 592. The van der Waals surface area contributed by atoms with E-state index >= 15 is 0 Å². The number of carbonyl (C=O) groups is 1. The van der Waals surface area contributed by atoms with Crippen molar-refractivity contribution in [3.8, 4) is 0 Å². The molecule has 1 saturated carbocycles. The average Bonchev–Trinajstić information content (AvgIpc) is 2.64. The molecule has 144 valence electrons. The van der Waals surface area contributed by atoms with Crippen LogP contribution in [0.2, 0.25) is 0 Å². The Labute approximate surface area is 165 Å². The first-order valence-corrected chi connectivity index (χ1v) is 11.0. The SMILES string of the molecule is COC(=O)c1cc(Br)cnc1N1CCC(CC2CCCCCCC2)CC1. The zero-order valence-corrected chi connectivity index (χ0v) is 17.5. The predicted molar refractivity (Wildman–Crippen MR) is 109 cm³/mol. The number of ether oxygens (including phenoxy) is 1. The van der Waals surface area contributed by atoms with E-state index in [-0.39, 0.29) is 5.97 Å². The second-order valence-electron chi connectivity index (χ2n) is 7.89. The third kappa shape index (κ3) is 5.21. The van der Waals surface area contributed by atoms with Crippen LogP contribution in [-0.4, -0.2) is 31.2 Å². The molecule has 5 heteroatoms. The predicted octanol–water partition coefficient (Wildman–Crippen LogP) is 5.60. The number of pyridine rings is 1. The Kier molecular flexibility index (Phi) is 7.35. The van der Waals surface area contributed by atoms with E-state index in [1.54, 1.807) is 6.20 Å². The largest absolute Gasteiger partial charge is 0.465 e.